The van der Waals surface area contributed by atoms with Crippen LogP contribution in [-0.2, 0) is 6.42 Å². The Balaban J connectivity index is 2.64. The zero-order valence-electron chi connectivity index (χ0n) is 11.3. The third-order valence-electron chi connectivity index (χ3n) is 3.53. The van der Waals surface area contributed by atoms with Gasteiger partial charge in [-0.05, 0) is 36.5 Å². The Bertz CT molecular complexity index is 366. The van der Waals surface area contributed by atoms with Crippen LogP contribution in [0.3, 0.4) is 0 Å². The summed E-state index contributed by atoms with van der Waals surface area (Å²) in [5.41, 5.74) is 7.42. The van der Waals surface area contributed by atoms with Crippen molar-refractivity contribution in [2.75, 3.05) is 0 Å². The maximum Gasteiger partial charge on any atom is 0.0453 e. The molecule has 18 heavy (non-hydrogen) atoms. The van der Waals surface area contributed by atoms with E-state index in [-0.39, 0.29) is 6.04 Å². The third-order valence-corrected chi connectivity index (χ3v) is 4.12. The summed E-state index contributed by atoms with van der Waals surface area (Å²) in [5.74, 6) is 0.580. The lowest BCUT2D eigenvalue weighted by atomic mass is 9.88. The molecule has 2 N–H and O–H groups in total. The molecule has 0 aromatic heterocycles. The first-order chi connectivity index (χ1) is 8.58. The lowest BCUT2D eigenvalue weighted by Gasteiger charge is -2.23. The van der Waals surface area contributed by atoms with Crippen LogP contribution in [0.2, 0.25) is 10.0 Å². The zero-order chi connectivity index (χ0) is 13.5. The van der Waals surface area contributed by atoms with E-state index < -0.39 is 0 Å². The van der Waals surface area contributed by atoms with Gasteiger partial charge in [-0.3, -0.25) is 0 Å². The molecule has 0 radical (unpaired) electrons. The van der Waals surface area contributed by atoms with E-state index in [9.17, 15) is 0 Å². The minimum Gasteiger partial charge on any atom is -0.327 e. The first-order valence-electron chi connectivity index (χ1n) is 6.78. The molecular weight excluding hydrogens is 265 g/mol. The van der Waals surface area contributed by atoms with E-state index in [0.717, 1.165) is 23.4 Å². The van der Waals surface area contributed by atoms with Crippen molar-refractivity contribution in [3.8, 4) is 0 Å². The van der Waals surface area contributed by atoms with Crippen LogP contribution in [0.1, 0.15) is 45.1 Å². The molecule has 0 bridgehead atoms. The largest absolute Gasteiger partial charge is 0.327 e. The topological polar surface area (TPSA) is 26.0 Å². The summed E-state index contributed by atoms with van der Waals surface area (Å²) in [6.45, 7) is 4.43. The maximum absolute atomic E-state index is 6.32. The SMILES string of the molecule is CCCCC(CC)C(N)Cc1ccc(Cl)cc1Cl. The highest BCUT2D eigenvalue weighted by Gasteiger charge is 2.17. The second kappa shape index (κ2) is 8.04. The van der Waals surface area contributed by atoms with Crippen LogP contribution in [0.25, 0.3) is 0 Å². The van der Waals surface area contributed by atoms with Crippen molar-refractivity contribution in [3.63, 3.8) is 0 Å². The first-order valence-corrected chi connectivity index (χ1v) is 7.53. The monoisotopic (exact) mass is 287 g/mol. The van der Waals surface area contributed by atoms with Crippen LogP contribution in [0, 0.1) is 5.92 Å². The Morgan fingerprint density at radius 3 is 2.50 bits per heavy atom. The molecule has 0 aliphatic heterocycles. The van der Waals surface area contributed by atoms with Gasteiger partial charge >= 0.3 is 0 Å². The molecule has 102 valence electrons. The number of rotatable bonds is 7. The van der Waals surface area contributed by atoms with Gasteiger partial charge in [0.05, 0.1) is 0 Å². The Hall–Kier alpha value is -0.240. The summed E-state index contributed by atoms with van der Waals surface area (Å²) >= 11 is 12.1. The number of hydrogen-bond donors (Lipinski definition) is 1. The minimum absolute atomic E-state index is 0.181. The number of halogens is 2. The molecule has 1 rings (SSSR count). The molecule has 0 fully saturated rings. The Kier molecular flexibility index (Phi) is 7.06. The molecule has 0 spiro atoms. The van der Waals surface area contributed by atoms with E-state index in [1.807, 2.05) is 12.1 Å². The number of benzene rings is 1. The van der Waals surface area contributed by atoms with E-state index in [1.165, 1.54) is 19.3 Å². The molecule has 2 unspecified atom stereocenters. The standard InChI is InChI=1S/C15H23Cl2N/c1-3-5-6-11(4-2)15(18)9-12-7-8-13(16)10-14(12)17/h7-8,10-11,15H,3-6,9,18H2,1-2H3. The van der Waals surface area contributed by atoms with Gasteiger partial charge in [0.25, 0.3) is 0 Å². The Morgan fingerprint density at radius 1 is 1.22 bits per heavy atom. The summed E-state index contributed by atoms with van der Waals surface area (Å²) in [6, 6.07) is 5.83. The summed E-state index contributed by atoms with van der Waals surface area (Å²) in [5, 5.41) is 1.40. The predicted molar refractivity (Wildman–Crippen MR) is 81.4 cm³/mol. The average molecular weight is 288 g/mol. The highest BCUT2D eigenvalue weighted by molar-refractivity contribution is 6.35. The molecule has 0 aliphatic rings. The van der Waals surface area contributed by atoms with Gasteiger partial charge in [0.15, 0.2) is 0 Å². The fourth-order valence-corrected chi connectivity index (χ4v) is 2.78. The van der Waals surface area contributed by atoms with Gasteiger partial charge < -0.3 is 5.73 Å². The first kappa shape index (κ1) is 15.8. The van der Waals surface area contributed by atoms with Gasteiger partial charge in [-0.25, -0.2) is 0 Å². The lowest BCUT2D eigenvalue weighted by Crippen LogP contribution is -2.32. The van der Waals surface area contributed by atoms with Crippen molar-refractivity contribution in [3.05, 3.63) is 33.8 Å². The lowest BCUT2D eigenvalue weighted by molar-refractivity contribution is 0.369. The predicted octanol–water partition coefficient (Wildman–Crippen LogP) is 5.08. The van der Waals surface area contributed by atoms with E-state index in [0.29, 0.717) is 10.9 Å². The zero-order valence-corrected chi connectivity index (χ0v) is 12.8. The normalized spacial score (nSPS) is 14.5. The van der Waals surface area contributed by atoms with Crippen LogP contribution in [0.4, 0.5) is 0 Å². The molecule has 0 saturated carbocycles. The number of hydrogen-bond acceptors (Lipinski definition) is 1. The van der Waals surface area contributed by atoms with E-state index in [4.69, 9.17) is 28.9 Å². The minimum atomic E-state index is 0.181. The average Bonchev–Trinajstić information content (AvgIpc) is 2.34. The fourth-order valence-electron chi connectivity index (χ4n) is 2.30. The van der Waals surface area contributed by atoms with Gasteiger partial charge in [0.1, 0.15) is 0 Å². The van der Waals surface area contributed by atoms with Gasteiger partial charge in [0, 0.05) is 16.1 Å². The third kappa shape index (κ3) is 4.79. The quantitative estimate of drug-likeness (QED) is 0.744. The van der Waals surface area contributed by atoms with Crippen molar-refractivity contribution in [1.29, 1.82) is 0 Å². The van der Waals surface area contributed by atoms with Gasteiger partial charge in [-0.2, -0.15) is 0 Å². The van der Waals surface area contributed by atoms with Crippen LogP contribution in [-0.4, -0.2) is 6.04 Å². The molecule has 1 nitrogen and oxygen atoms in total. The molecule has 2 atom stereocenters. The van der Waals surface area contributed by atoms with Crippen LogP contribution in [0.15, 0.2) is 18.2 Å². The molecule has 0 saturated heterocycles. The van der Waals surface area contributed by atoms with Gasteiger partial charge in [-0.1, -0.05) is 62.4 Å². The summed E-state index contributed by atoms with van der Waals surface area (Å²) in [7, 11) is 0. The molecule has 0 amide bonds. The van der Waals surface area contributed by atoms with Crippen LogP contribution >= 0.6 is 23.2 Å². The summed E-state index contributed by atoms with van der Waals surface area (Å²) < 4.78 is 0. The smallest absolute Gasteiger partial charge is 0.0453 e. The van der Waals surface area contributed by atoms with Gasteiger partial charge in [-0.15, -0.1) is 0 Å². The Morgan fingerprint density at radius 2 is 1.94 bits per heavy atom. The van der Waals surface area contributed by atoms with E-state index in [2.05, 4.69) is 13.8 Å². The molecule has 1 aromatic carbocycles. The summed E-state index contributed by atoms with van der Waals surface area (Å²) in [6.07, 6.45) is 5.65. The summed E-state index contributed by atoms with van der Waals surface area (Å²) in [4.78, 5) is 0. The highest BCUT2D eigenvalue weighted by atomic mass is 35.5. The highest BCUT2D eigenvalue weighted by Crippen LogP contribution is 2.25. The molecule has 1 aromatic rings. The van der Waals surface area contributed by atoms with Gasteiger partial charge in [0.2, 0.25) is 0 Å². The van der Waals surface area contributed by atoms with E-state index >= 15 is 0 Å². The fraction of sp³-hybridized carbons (Fsp3) is 0.600. The van der Waals surface area contributed by atoms with Crippen molar-refractivity contribution in [2.45, 2.75) is 52.0 Å². The second-order valence-electron chi connectivity index (χ2n) is 4.91. The second-order valence-corrected chi connectivity index (χ2v) is 5.76. The van der Waals surface area contributed by atoms with Crippen molar-refractivity contribution in [2.24, 2.45) is 11.7 Å². The number of unbranched alkanes of at least 4 members (excludes halogenated alkanes) is 1. The molecule has 3 heteroatoms. The Labute approximate surface area is 121 Å². The van der Waals surface area contributed by atoms with Crippen molar-refractivity contribution >= 4 is 23.2 Å². The molecule has 0 heterocycles. The van der Waals surface area contributed by atoms with Crippen molar-refractivity contribution in [1.82, 2.24) is 0 Å². The molecular formula is C15H23Cl2N. The van der Waals surface area contributed by atoms with E-state index in [1.54, 1.807) is 6.07 Å². The van der Waals surface area contributed by atoms with Crippen LogP contribution < -0.4 is 5.73 Å². The molecule has 0 aliphatic carbocycles. The van der Waals surface area contributed by atoms with Crippen molar-refractivity contribution < 1.29 is 0 Å². The maximum atomic E-state index is 6.32. The van der Waals surface area contributed by atoms with Crippen LogP contribution in [0.5, 0.6) is 0 Å². The number of nitrogens with two attached hydrogens (primary N) is 1.